The number of para-hydroxylation sites is 2. The second kappa shape index (κ2) is 13.1. The van der Waals surface area contributed by atoms with Crippen LogP contribution < -0.4 is 10.1 Å². The fourth-order valence-corrected chi connectivity index (χ4v) is 4.58. The second-order valence-corrected chi connectivity index (χ2v) is 10.1. The van der Waals surface area contributed by atoms with Gasteiger partial charge in [0, 0.05) is 43.3 Å². The number of carbonyl (C=O) groups excluding carboxylic acids is 1. The molecule has 0 fully saturated rings. The molecule has 0 radical (unpaired) electrons. The Morgan fingerprint density at radius 1 is 0.950 bits per heavy atom. The summed E-state index contributed by atoms with van der Waals surface area (Å²) < 4.78 is 11.8. The molecule has 0 atom stereocenters. The fourth-order valence-electron chi connectivity index (χ4n) is 4.58. The minimum atomic E-state index is -0.229. The predicted molar refractivity (Wildman–Crippen MR) is 156 cm³/mol. The molecule has 0 saturated carbocycles. The highest BCUT2D eigenvalue weighted by Crippen LogP contribution is 2.24. The summed E-state index contributed by atoms with van der Waals surface area (Å²) in [6.45, 7) is 3.22. The summed E-state index contributed by atoms with van der Waals surface area (Å²) in [7, 11) is 3.93. The van der Waals surface area contributed by atoms with E-state index < -0.39 is 0 Å². The fraction of sp³-hybridized carbons (Fsp3) is 0.250. The normalized spacial score (nSPS) is 11.4. The van der Waals surface area contributed by atoms with Crippen LogP contribution >= 0.6 is 0 Å². The summed E-state index contributed by atoms with van der Waals surface area (Å²) in [6.07, 6.45) is 4.37. The van der Waals surface area contributed by atoms with Crippen LogP contribution in [0.4, 0.5) is 0 Å². The van der Waals surface area contributed by atoms with Gasteiger partial charge >= 0.3 is 0 Å². The average Bonchev–Trinajstić information content (AvgIpc) is 3.59. The van der Waals surface area contributed by atoms with E-state index in [2.05, 4.69) is 56.7 Å². The van der Waals surface area contributed by atoms with Crippen LogP contribution in [-0.2, 0) is 19.5 Å². The molecule has 0 aliphatic carbocycles. The Hall–Kier alpha value is -4.40. The number of amides is 1. The highest BCUT2D eigenvalue weighted by atomic mass is 16.5. The first kappa shape index (κ1) is 27.2. The van der Waals surface area contributed by atoms with E-state index in [4.69, 9.17) is 9.15 Å². The van der Waals surface area contributed by atoms with E-state index in [0.29, 0.717) is 31.2 Å². The van der Waals surface area contributed by atoms with Crippen molar-refractivity contribution < 1.29 is 13.9 Å². The minimum Gasteiger partial charge on any atom is -0.457 e. The molecule has 8 heteroatoms. The second-order valence-electron chi connectivity index (χ2n) is 10.1. The van der Waals surface area contributed by atoms with Crippen LogP contribution in [0, 0.1) is 0 Å². The van der Waals surface area contributed by atoms with E-state index in [0.717, 1.165) is 42.1 Å². The van der Waals surface area contributed by atoms with E-state index in [-0.39, 0.29) is 5.91 Å². The molecular formula is C32H35N5O3. The molecule has 5 rings (SSSR count). The van der Waals surface area contributed by atoms with Crippen molar-refractivity contribution in [3.05, 3.63) is 114 Å². The molecule has 2 aromatic heterocycles. The molecule has 0 spiro atoms. The number of rotatable bonds is 13. The molecule has 206 valence electrons. The Balaban J connectivity index is 1.30. The van der Waals surface area contributed by atoms with Crippen molar-refractivity contribution in [3.63, 3.8) is 0 Å². The summed E-state index contributed by atoms with van der Waals surface area (Å²) in [5.41, 5.74) is 3.80. The van der Waals surface area contributed by atoms with E-state index in [1.807, 2.05) is 67.5 Å². The summed E-state index contributed by atoms with van der Waals surface area (Å²) >= 11 is 0. The van der Waals surface area contributed by atoms with Crippen LogP contribution in [0.3, 0.4) is 0 Å². The van der Waals surface area contributed by atoms with Gasteiger partial charge < -0.3 is 24.4 Å². The monoisotopic (exact) mass is 537 g/mol. The van der Waals surface area contributed by atoms with Crippen LogP contribution in [0.15, 0.2) is 95.7 Å². The van der Waals surface area contributed by atoms with Gasteiger partial charge in [0.1, 0.15) is 17.8 Å². The number of nitrogens with zero attached hydrogens (tertiary/aromatic N) is 3. The number of hydrogen-bond donors (Lipinski definition) is 2. The van der Waals surface area contributed by atoms with E-state index in [9.17, 15) is 4.79 Å². The maximum atomic E-state index is 12.5. The van der Waals surface area contributed by atoms with Gasteiger partial charge in [0.2, 0.25) is 5.89 Å². The number of carbonyl (C=O) groups is 1. The lowest BCUT2D eigenvalue weighted by atomic mass is 10.1. The van der Waals surface area contributed by atoms with Crippen LogP contribution in [-0.4, -0.2) is 59.4 Å². The summed E-state index contributed by atoms with van der Waals surface area (Å²) in [5, 5.41) is 4.12. The lowest BCUT2D eigenvalue weighted by Crippen LogP contribution is -2.31. The van der Waals surface area contributed by atoms with Crippen LogP contribution in [0.25, 0.3) is 10.9 Å². The molecular weight excluding hydrogens is 502 g/mol. The zero-order valence-corrected chi connectivity index (χ0v) is 23.0. The highest BCUT2D eigenvalue weighted by molar-refractivity contribution is 5.91. The van der Waals surface area contributed by atoms with E-state index >= 15 is 0 Å². The van der Waals surface area contributed by atoms with Gasteiger partial charge in [-0.3, -0.25) is 9.69 Å². The highest BCUT2D eigenvalue weighted by Gasteiger charge is 2.16. The van der Waals surface area contributed by atoms with Crippen molar-refractivity contribution in [1.29, 1.82) is 0 Å². The standard InChI is InChI=1S/C32H35N5O3/c1-36(2)18-16-33-32(38)30-23-39-31(35-30)22-37(17-15-25-20-34-29-14-7-6-13-28(25)29)21-24-9-8-12-27(19-24)40-26-10-4-3-5-11-26/h3-14,19-20,23,34H,15-18,21-22H2,1-2H3,(H,33,38). The third-order valence-electron chi connectivity index (χ3n) is 6.64. The van der Waals surface area contributed by atoms with Crippen LogP contribution in [0.1, 0.15) is 27.5 Å². The third kappa shape index (κ3) is 7.37. The first-order chi connectivity index (χ1) is 19.5. The molecule has 1 amide bonds. The van der Waals surface area contributed by atoms with Crippen molar-refractivity contribution in [2.24, 2.45) is 0 Å². The van der Waals surface area contributed by atoms with Crippen LogP contribution in [0.2, 0.25) is 0 Å². The van der Waals surface area contributed by atoms with Gasteiger partial charge in [0.15, 0.2) is 5.69 Å². The largest absolute Gasteiger partial charge is 0.457 e. The van der Waals surface area contributed by atoms with Crippen molar-refractivity contribution >= 4 is 16.8 Å². The van der Waals surface area contributed by atoms with Gasteiger partial charge in [0.05, 0.1) is 6.54 Å². The van der Waals surface area contributed by atoms with Crippen molar-refractivity contribution in [1.82, 2.24) is 25.1 Å². The first-order valence-electron chi connectivity index (χ1n) is 13.5. The van der Waals surface area contributed by atoms with Crippen LogP contribution in [0.5, 0.6) is 11.5 Å². The molecule has 8 nitrogen and oxygen atoms in total. The average molecular weight is 538 g/mol. The number of H-pyrrole nitrogens is 1. The van der Waals surface area contributed by atoms with Gasteiger partial charge in [-0.25, -0.2) is 4.98 Å². The van der Waals surface area contributed by atoms with Crippen molar-refractivity contribution in [2.75, 3.05) is 33.7 Å². The smallest absolute Gasteiger partial charge is 0.273 e. The lowest BCUT2D eigenvalue weighted by Gasteiger charge is -2.21. The molecule has 2 heterocycles. The van der Waals surface area contributed by atoms with E-state index in [1.54, 1.807) is 0 Å². The number of aromatic nitrogens is 2. The molecule has 40 heavy (non-hydrogen) atoms. The number of oxazole rings is 1. The Morgan fingerprint density at radius 3 is 2.60 bits per heavy atom. The molecule has 0 bridgehead atoms. The Kier molecular flexibility index (Phi) is 8.90. The Morgan fingerprint density at radius 2 is 1.75 bits per heavy atom. The van der Waals surface area contributed by atoms with Gasteiger partial charge in [0.25, 0.3) is 5.91 Å². The Labute approximate surface area is 234 Å². The van der Waals surface area contributed by atoms with Crippen molar-refractivity contribution in [2.45, 2.75) is 19.5 Å². The van der Waals surface area contributed by atoms with Gasteiger partial charge in [-0.1, -0.05) is 48.5 Å². The number of benzene rings is 3. The molecule has 0 unspecified atom stereocenters. The van der Waals surface area contributed by atoms with Crippen molar-refractivity contribution in [3.8, 4) is 11.5 Å². The zero-order chi connectivity index (χ0) is 27.7. The maximum Gasteiger partial charge on any atom is 0.273 e. The molecule has 3 aromatic carbocycles. The summed E-state index contributed by atoms with van der Waals surface area (Å²) in [5.74, 6) is 1.86. The molecule has 0 aliphatic heterocycles. The first-order valence-corrected chi connectivity index (χ1v) is 13.5. The number of nitrogens with one attached hydrogen (secondary N) is 2. The predicted octanol–water partition coefficient (Wildman–Crippen LogP) is 5.48. The molecule has 5 aromatic rings. The lowest BCUT2D eigenvalue weighted by molar-refractivity contribution is 0.0946. The summed E-state index contributed by atoms with van der Waals surface area (Å²) in [6, 6.07) is 26.2. The van der Waals surface area contributed by atoms with E-state index in [1.165, 1.54) is 17.2 Å². The van der Waals surface area contributed by atoms with Gasteiger partial charge in [-0.15, -0.1) is 0 Å². The number of ether oxygens (including phenoxy) is 1. The third-order valence-corrected chi connectivity index (χ3v) is 6.64. The minimum absolute atomic E-state index is 0.229. The molecule has 2 N–H and O–H groups in total. The Bertz CT molecular complexity index is 1530. The van der Waals surface area contributed by atoms with Gasteiger partial charge in [-0.05, 0) is 62.0 Å². The SMILES string of the molecule is CN(C)CCNC(=O)c1coc(CN(CCc2c[nH]c3ccccc23)Cc2cccc(Oc3ccccc3)c2)n1. The molecule has 0 saturated heterocycles. The summed E-state index contributed by atoms with van der Waals surface area (Å²) in [4.78, 5) is 24.7. The topological polar surface area (TPSA) is 86.6 Å². The maximum absolute atomic E-state index is 12.5. The number of likely N-dealkylation sites (N-methyl/N-ethyl adjacent to an activating group) is 1. The quantitative estimate of drug-likeness (QED) is 0.207. The number of aromatic amines is 1. The number of hydrogen-bond acceptors (Lipinski definition) is 6. The van der Waals surface area contributed by atoms with Gasteiger partial charge in [-0.2, -0.15) is 0 Å². The zero-order valence-electron chi connectivity index (χ0n) is 23.0. The molecule has 0 aliphatic rings. The number of fused-ring (bicyclic) bond motifs is 1.